The molecular weight excluding hydrogens is 210 g/mol. The molecule has 1 aliphatic heterocycles. The summed E-state index contributed by atoms with van der Waals surface area (Å²) in [5.41, 5.74) is -2.54. The van der Waals surface area contributed by atoms with Crippen molar-refractivity contribution in [2.24, 2.45) is 0 Å². The van der Waals surface area contributed by atoms with E-state index in [4.69, 9.17) is 5.11 Å². The van der Waals surface area contributed by atoms with E-state index < -0.39 is 33.4 Å². The van der Waals surface area contributed by atoms with Crippen LogP contribution in [0.25, 0.3) is 0 Å². The Morgan fingerprint density at radius 2 is 1.79 bits per heavy atom. The molecule has 1 N–H and O–H groups in total. The number of rotatable bonds is 1. The molecule has 6 nitrogen and oxygen atoms in total. The summed E-state index contributed by atoms with van der Waals surface area (Å²) in [4.78, 5) is 44.3. The van der Waals surface area contributed by atoms with Crippen molar-refractivity contribution in [1.29, 1.82) is 0 Å². The van der Waals surface area contributed by atoms with Gasteiger partial charge in [0.25, 0.3) is 16.1 Å². The Kier molecular flexibility index (Phi) is 1.71. The van der Waals surface area contributed by atoms with Gasteiger partial charge in [-0.05, 0) is 0 Å². The highest BCUT2D eigenvalue weighted by Gasteiger charge is 2.38. The van der Waals surface area contributed by atoms with E-state index in [1.807, 2.05) is 0 Å². The van der Waals surface area contributed by atoms with E-state index in [2.05, 4.69) is 0 Å². The van der Waals surface area contributed by atoms with Crippen LogP contribution in [0.5, 0.6) is 5.75 Å². The molecule has 1 fully saturated rings. The van der Waals surface area contributed by atoms with Crippen molar-refractivity contribution in [3.05, 3.63) is 20.4 Å². The first-order chi connectivity index (χ1) is 6.54. The molecule has 1 saturated heterocycles. The Bertz CT molecular complexity index is 496. The molecule has 0 spiro atoms. The van der Waals surface area contributed by atoms with E-state index in [0.717, 1.165) is 11.8 Å². The number of carbonyl (C=O) groups excluding carboxylic acids is 2. The second-order valence-corrected chi connectivity index (χ2v) is 3.57. The lowest BCUT2D eigenvalue weighted by Crippen LogP contribution is -2.42. The first-order valence-corrected chi connectivity index (χ1v) is 4.54. The Balaban J connectivity index is 2.52. The van der Waals surface area contributed by atoms with Crippen molar-refractivity contribution in [2.45, 2.75) is 0 Å². The third kappa shape index (κ3) is 0.925. The SMILES string of the molecule is O=C1CSC(=O)N1c1c(O)c(=O)c1=O. The van der Waals surface area contributed by atoms with Crippen molar-refractivity contribution < 1.29 is 14.7 Å². The van der Waals surface area contributed by atoms with Crippen LogP contribution in [-0.4, -0.2) is 22.0 Å². The second kappa shape index (κ2) is 2.68. The molecule has 0 aromatic heterocycles. The summed E-state index contributed by atoms with van der Waals surface area (Å²) in [7, 11) is 0. The fourth-order valence-electron chi connectivity index (χ4n) is 1.15. The number of anilines is 1. The van der Waals surface area contributed by atoms with Crippen molar-refractivity contribution in [3.63, 3.8) is 0 Å². The number of aromatic hydroxyl groups is 1. The van der Waals surface area contributed by atoms with Crippen molar-refractivity contribution in [3.8, 4) is 5.75 Å². The van der Waals surface area contributed by atoms with E-state index >= 15 is 0 Å². The zero-order chi connectivity index (χ0) is 10.5. The molecule has 1 aromatic rings. The number of imide groups is 1. The van der Waals surface area contributed by atoms with E-state index in [1.165, 1.54) is 0 Å². The molecule has 2 amide bonds. The number of nitrogens with zero attached hydrogens (tertiary/aromatic N) is 1. The number of hydrogen-bond acceptors (Lipinski definition) is 6. The lowest BCUT2D eigenvalue weighted by atomic mass is 10.2. The van der Waals surface area contributed by atoms with E-state index in [1.54, 1.807) is 0 Å². The Morgan fingerprint density at radius 3 is 2.21 bits per heavy atom. The predicted molar refractivity (Wildman–Crippen MR) is 48.4 cm³/mol. The van der Waals surface area contributed by atoms with Crippen LogP contribution in [-0.2, 0) is 4.79 Å². The molecule has 0 unspecified atom stereocenters. The maximum Gasteiger partial charge on any atom is 0.293 e. The van der Waals surface area contributed by atoms with E-state index in [0.29, 0.717) is 4.90 Å². The van der Waals surface area contributed by atoms with Crippen LogP contribution in [0.4, 0.5) is 10.5 Å². The first-order valence-electron chi connectivity index (χ1n) is 3.56. The van der Waals surface area contributed by atoms with Crippen molar-refractivity contribution >= 4 is 28.6 Å². The number of carbonyl (C=O) groups is 2. The third-order valence-corrected chi connectivity index (χ3v) is 2.66. The van der Waals surface area contributed by atoms with Gasteiger partial charge in [0.15, 0.2) is 11.4 Å². The largest absolute Gasteiger partial charge is 0.502 e. The summed E-state index contributed by atoms with van der Waals surface area (Å²) in [6.07, 6.45) is 0. The molecule has 72 valence electrons. The fourth-order valence-corrected chi connectivity index (χ4v) is 1.84. The van der Waals surface area contributed by atoms with Crippen LogP contribution < -0.4 is 15.8 Å². The van der Waals surface area contributed by atoms with Crippen LogP contribution in [0.2, 0.25) is 0 Å². The molecule has 0 aliphatic carbocycles. The fraction of sp³-hybridized carbons (Fsp3) is 0.143. The highest BCUT2D eigenvalue weighted by Crippen LogP contribution is 2.29. The molecule has 2 rings (SSSR count). The summed E-state index contributed by atoms with van der Waals surface area (Å²) in [5.74, 6) is -1.47. The number of amides is 2. The normalized spacial score (nSPS) is 17.0. The predicted octanol–water partition coefficient (Wildman–Crippen LogP) is -0.812. The van der Waals surface area contributed by atoms with E-state index in [9.17, 15) is 19.2 Å². The standard InChI is InChI=1S/C7H3NO5S/c9-2-1-14-7(13)8(2)3-4(10)6(12)5(3)11/h10H,1H2. The Labute approximate surface area is 80.8 Å². The molecule has 0 bridgehead atoms. The van der Waals surface area contributed by atoms with Gasteiger partial charge in [-0.15, -0.1) is 0 Å². The number of thioether (sulfide) groups is 1. The molecule has 1 heterocycles. The average Bonchev–Trinajstić information content (AvgIpc) is 2.49. The van der Waals surface area contributed by atoms with Crippen molar-refractivity contribution in [1.82, 2.24) is 0 Å². The molecular formula is C7H3NO5S. The van der Waals surface area contributed by atoms with Gasteiger partial charge in [0, 0.05) is 0 Å². The minimum absolute atomic E-state index is 0.0723. The van der Waals surface area contributed by atoms with Gasteiger partial charge >= 0.3 is 0 Å². The van der Waals surface area contributed by atoms with Gasteiger partial charge in [0.1, 0.15) is 0 Å². The molecule has 1 aromatic carbocycles. The Hall–Kier alpha value is -1.63. The highest BCUT2D eigenvalue weighted by molar-refractivity contribution is 8.15. The summed E-state index contributed by atoms with van der Waals surface area (Å²) in [5, 5.41) is 8.36. The number of hydrogen-bond donors (Lipinski definition) is 1. The molecule has 1 aliphatic rings. The lowest BCUT2D eigenvalue weighted by Gasteiger charge is -2.13. The zero-order valence-electron chi connectivity index (χ0n) is 6.64. The minimum atomic E-state index is -1.06. The van der Waals surface area contributed by atoms with Gasteiger partial charge in [0.05, 0.1) is 5.75 Å². The smallest absolute Gasteiger partial charge is 0.293 e. The zero-order valence-corrected chi connectivity index (χ0v) is 7.46. The maximum absolute atomic E-state index is 11.1. The van der Waals surface area contributed by atoms with E-state index in [-0.39, 0.29) is 5.75 Å². The molecule has 0 atom stereocenters. The van der Waals surface area contributed by atoms with Crippen LogP contribution in [0, 0.1) is 0 Å². The molecule has 7 heteroatoms. The van der Waals surface area contributed by atoms with Crippen LogP contribution >= 0.6 is 11.8 Å². The molecule has 14 heavy (non-hydrogen) atoms. The maximum atomic E-state index is 11.1. The van der Waals surface area contributed by atoms with Gasteiger partial charge in [-0.3, -0.25) is 19.2 Å². The molecule has 0 saturated carbocycles. The molecule has 0 radical (unpaired) electrons. The minimum Gasteiger partial charge on any atom is -0.502 e. The summed E-state index contributed by atoms with van der Waals surface area (Å²) >= 11 is 0.725. The van der Waals surface area contributed by atoms with Gasteiger partial charge in [-0.1, -0.05) is 11.8 Å². The van der Waals surface area contributed by atoms with Crippen LogP contribution in [0.3, 0.4) is 0 Å². The summed E-state index contributed by atoms with van der Waals surface area (Å²) in [6.45, 7) is 0. The van der Waals surface area contributed by atoms with Gasteiger partial charge in [-0.25, -0.2) is 4.90 Å². The third-order valence-electron chi connectivity index (χ3n) is 1.84. The van der Waals surface area contributed by atoms with Gasteiger partial charge in [-0.2, -0.15) is 0 Å². The Morgan fingerprint density at radius 1 is 1.14 bits per heavy atom. The van der Waals surface area contributed by atoms with Crippen LogP contribution in [0.1, 0.15) is 0 Å². The summed E-state index contributed by atoms with van der Waals surface area (Å²) < 4.78 is 0. The van der Waals surface area contributed by atoms with Gasteiger partial charge in [0.2, 0.25) is 5.91 Å². The highest BCUT2D eigenvalue weighted by atomic mass is 32.2. The quantitative estimate of drug-likeness (QED) is 0.613. The summed E-state index contributed by atoms with van der Waals surface area (Å²) in [6, 6.07) is 0. The first kappa shape index (κ1) is 8.95. The monoisotopic (exact) mass is 213 g/mol. The second-order valence-electron chi connectivity index (χ2n) is 2.64. The average molecular weight is 213 g/mol. The van der Waals surface area contributed by atoms with Crippen molar-refractivity contribution in [2.75, 3.05) is 10.7 Å². The topological polar surface area (TPSA) is 91.8 Å². The lowest BCUT2D eigenvalue weighted by molar-refractivity contribution is -0.115. The van der Waals surface area contributed by atoms with Crippen LogP contribution in [0.15, 0.2) is 9.59 Å². The van der Waals surface area contributed by atoms with Gasteiger partial charge < -0.3 is 5.11 Å².